The molecule has 1 atom stereocenters. The number of ether oxygens (including phenoxy) is 1. The Balaban J connectivity index is 0.00000117. The topological polar surface area (TPSA) is 78.1 Å². The molecule has 1 aliphatic carbocycles. The number of allylic oxidation sites excluding steroid dienone is 6. The van der Waals surface area contributed by atoms with E-state index in [4.69, 9.17) is 10.5 Å². The third-order valence-electron chi connectivity index (χ3n) is 4.87. The van der Waals surface area contributed by atoms with Crippen LogP contribution in [-0.2, 0) is 11.2 Å². The SMILES string of the molecule is CC.NC(=O)c1nnc(CC2CCCOC2)c2cc(C3=CC=C(F)C=CC3)sc12. The fourth-order valence-corrected chi connectivity index (χ4v) is 4.69. The first-order valence-electron chi connectivity index (χ1n) is 10.0. The summed E-state index contributed by atoms with van der Waals surface area (Å²) in [6.07, 6.45) is 10.0. The Bertz CT molecular complexity index is 972. The van der Waals surface area contributed by atoms with Crippen LogP contribution in [0.15, 0.2) is 36.2 Å². The van der Waals surface area contributed by atoms with Gasteiger partial charge in [0.15, 0.2) is 5.69 Å². The molecule has 2 aromatic rings. The number of halogens is 1. The molecule has 0 saturated carbocycles. The van der Waals surface area contributed by atoms with Gasteiger partial charge >= 0.3 is 0 Å². The highest BCUT2D eigenvalue weighted by Crippen LogP contribution is 2.36. The van der Waals surface area contributed by atoms with Gasteiger partial charge in [0.2, 0.25) is 0 Å². The number of primary amides is 1. The van der Waals surface area contributed by atoms with Gasteiger partial charge in [-0.25, -0.2) is 4.39 Å². The molecule has 1 amide bonds. The van der Waals surface area contributed by atoms with Crippen molar-refractivity contribution in [2.45, 2.75) is 39.5 Å². The number of hydrogen-bond donors (Lipinski definition) is 1. The van der Waals surface area contributed by atoms with Gasteiger partial charge in [-0.15, -0.1) is 16.4 Å². The summed E-state index contributed by atoms with van der Waals surface area (Å²) >= 11 is 1.46. The highest BCUT2D eigenvalue weighted by Gasteiger charge is 2.21. The Morgan fingerprint density at radius 2 is 2.17 bits per heavy atom. The average Bonchev–Trinajstić information content (AvgIpc) is 3.07. The van der Waals surface area contributed by atoms with Crippen molar-refractivity contribution in [1.29, 1.82) is 0 Å². The number of carbonyl (C=O) groups is 1. The zero-order chi connectivity index (χ0) is 20.8. The zero-order valence-electron chi connectivity index (χ0n) is 16.8. The Morgan fingerprint density at radius 1 is 1.34 bits per heavy atom. The predicted molar refractivity (Wildman–Crippen MR) is 115 cm³/mol. The largest absolute Gasteiger partial charge is 0.381 e. The van der Waals surface area contributed by atoms with Gasteiger partial charge in [-0.2, -0.15) is 5.10 Å². The molecule has 2 aliphatic rings. The van der Waals surface area contributed by atoms with Crippen LogP contribution in [0.4, 0.5) is 4.39 Å². The molecule has 4 rings (SSSR count). The lowest BCUT2D eigenvalue weighted by molar-refractivity contribution is 0.0547. The number of nitrogens with zero attached hydrogens (tertiary/aromatic N) is 2. The number of amides is 1. The van der Waals surface area contributed by atoms with Crippen LogP contribution in [0.2, 0.25) is 0 Å². The maximum absolute atomic E-state index is 13.5. The lowest BCUT2D eigenvalue weighted by Crippen LogP contribution is -2.20. The Labute approximate surface area is 174 Å². The maximum atomic E-state index is 13.5. The molecule has 1 saturated heterocycles. The second kappa shape index (κ2) is 9.89. The summed E-state index contributed by atoms with van der Waals surface area (Å²) in [6, 6.07) is 2.02. The first-order chi connectivity index (χ1) is 14.1. The van der Waals surface area contributed by atoms with Crippen molar-refractivity contribution in [3.05, 3.63) is 52.5 Å². The normalized spacial score (nSPS) is 19.1. The summed E-state index contributed by atoms with van der Waals surface area (Å²) in [5.74, 6) is -0.463. The number of rotatable bonds is 4. The van der Waals surface area contributed by atoms with Gasteiger partial charge in [0.1, 0.15) is 5.83 Å². The number of fused-ring (bicyclic) bond motifs is 1. The molecule has 154 valence electrons. The lowest BCUT2D eigenvalue weighted by atomic mass is 9.95. The summed E-state index contributed by atoms with van der Waals surface area (Å²) < 4.78 is 19.8. The van der Waals surface area contributed by atoms with Crippen molar-refractivity contribution >= 4 is 32.9 Å². The highest BCUT2D eigenvalue weighted by molar-refractivity contribution is 7.20. The van der Waals surface area contributed by atoms with Gasteiger partial charge in [0, 0.05) is 23.5 Å². The fourth-order valence-electron chi connectivity index (χ4n) is 3.49. The van der Waals surface area contributed by atoms with Crippen LogP contribution in [0, 0.1) is 5.92 Å². The first-order valence-corrected chi connectivity index (χ1v) is 10.8. The van der Waals surface area contributed by atoms with Crippen LogP contribution in [0.3, 0.4) is 0 Å². The smallest absolute Gasteiger partial charge is 0.270 e. The van der Waals surface area contributed by atoms with E-state index in [0.717, 1.165) is 58.7 Å². The molecule has 7 heteroatoms. The monoisotopic (exact) mass is 415 g/mol. The van der Waals surface area contributed by atoms with Crippen molar-refractivity contribution in [1.82, 2.24) is 10.2 Å². The van der Waals surface area contributed by atoms with Gasteiger partial charge < -0.3 is 10.5 Å². The molecule has 0 aromatic carbocycles. The molecule has 0 radical (unpaired) electrons. The summed E-state index contributed by atoms with van der Waals surface area (Å²) in [5, 5.41) is 9.31. The molecule has 5 nitrogen and oxygen atoms in total. The Hall–Kier alpha value is -2.38. The van der Waals surface area contributed by atoms with Crippen molar-refractivity contribution in [3.8, 4) is 0 Å². The summed E-state index contributed by atoms with van der Waals surface area (Å²) in [7, 11) is 0. The number of carbonyl (C=O) groups excluding carboxylic acids is 1. The van der Waals surface area contributed by atoms with Crippen LogP contribution in [0.25, 0.3) is 15.7 Å². The molecular formula is C22H26FN3O2S. The second-order valence-corrected chi connectivity index (χ2v) is 7.90. The van der Waals surface area contributed by atoms with Crippen molar-refractivity contribution in [2.24, 2.45) is 11.7 Å². The van der Waals surface area contributed by atoms with Crippen LogP contribution in [-0.4, -0.2) is 29.3 Å². The predicted octanol–water partition coefficient (Wildman–Crippen LogP) is 4.98. The molecule has 1 aliphatic heterocycles. The molecule has 29 heavy (non-hydrogen) atoms. The Kier molecular flexibility index (Phi) is 7.28. The molecule has 0 spiro atoms. The van der Waals surface area contributed by atoms with E-state index >= 15 is 0 Å². The summed E-state index contributed by atoms with van der Waals surface area (Å²) in [6.45, 7) is 5.53. The molecular weight excluding hydrogens is 389 g/mol. The molecule has 2 aromatic heterocycles. The molecule has 2 N–H and O–H groups in total. The second-order valence-electron chi connectivity index (χ2n) is 6.85. The minimum atomic E-state index is -0.589. The van der Waals surface area contributed by atoms with Crippen LogP contribution in [0.5, 0.6) is 0 Å². The standard InChI is InChI=1S/C20H20FN3O2S.C2H6/c21-14-5-1-4-13(6-7-14)17-10-15-16(9-12-3-2-8-26-11-12)23-24-18(20(22)25)19(15)27-17;1-2/h1,5-7,10,12H,2-4,8-9,11H2,(H2,22,25);1-2H3. The van der Waals surface area contributed by atoms with Crippen LogP contribution >= 0.6 is 11.3 Å². The molecule has 1 fully saturated rings. The molecule has 1 unspecified atom stereocenters. The quantitative estimate of drug-likeness (QED) is 0.764. The van der Waals surface area contributed by atoms with E-state index in [2.05, 4.69) is 10.2 Å². The van der Waals surface area contributed by atoms with Gasteiger partial charge in [-0.1, -0.05) is 26.0 Å². The van der Waals surface area contributed by atoms with Crippen molar-refractivity contribution in [3.63, 3.8) is 0 Å². The third-order valence-corrected chi connectivity index (χ3v) is 6.09. The minimum Gasteiger partial charge on any atom is -0.381 e. The van der Waals surface area contributed by atoms with E-state index in [1.165, 1.54) is 23.5 Å². The van der Waals surface area contributed by atoms with Crippen molar-refractivity contribution in [2.75, 3.05) is 13.2 Å². The van der Waals surface area contributed by atoms with Gasteiger partial charge in [-0.3, -0.25) is 4.79 Å². The average molecular weight is 416 g/mol. The van der Waals surface area contributed by atoms with Gasteiger partial charge in [0.25, 0.3) is 5.91 Å². The van der Waals surface area contributed by atoms with E-state index in [1.807, 2.05) is 19.9 Å². The number of hydrogen-bond acceptors (Lipinski definition) is 5. The van der Waals surface area contributed by atoms with E-state index in [1.54, 1.807) is 12.2 Å². The number of aromatic nitrogens is 2. The summed E-state index contributed by atoms with van der Waals surface area (Å²) in [5.41, 5.74) is 7.55. The highest BCUT2D eigenvalue weighted by atomic mass is 32.1. The zero-order valence-corrected chi connectivity index (χ0v) is 17.6. The maximum Gasteiger partial charge on any atom is 0.270 e. The lowest BCUT2D eigenvalue weighted by Gasteiger charge is -2.21. The minimum absolute atomic E-state index is 0.191. The number of thiophene rings is 1. The van der Waals surface area contributed by atoms with Gasteiger partial charge in [-0.05, 0) is 55.4 Å². The molecule has 0 bridgehead atoms. The first kappa shape index (κ1) is 21.3. The van der Waals surface area contributed by atoms with Crippen LogP contribution in [0.1, 0.15) is 54.2 Å². The molecule has 3 heterocycles. The van der Waals surface area contributed by atoms with E-state index in [-0.39, 0.29) is 11.5 Å². The number of nitrogens with two attached hydrogens (primary N) is 1. The Morgan fingerprint density at radius 3 is 2.90 bits per heavy atom. The summed E-state index contributed by atoms with van der Waals surface area (Å²) in [4.78, 5) is 12.8. The van der Waals surface area contributed by atoms with E-state index in [0.29, 0.717) is 12.3 Å². The van der Waals surface area contributed by atoms with E-state index < -0.39 is 5.91 Å². The third kappa shape index (κ3) is 4.97. The fraction of sp³-hybridized carbons (Fsp3) is 0.409. The van der Waals surface area contributed by atoms with Crippen LogP contribution < -0.4 is 5.73 Å². The van der Waals surface area contributed by atoms with E-state index in [9.17, 15) is 9.18 Å². The van der Waals surface area contributed by atoms with Crippen molar-refractivity contribution < 1.29 is 13.9 Å². The van der Waals surface area contributed by atoms with Gasteiger partial charge in [0.05, 0.1) is 10.4 Å².